The van der Waals surface area contributed by atoms with Crippen LogP contribution in [0.3, 0.4) is 0 Å². The van der Waals surface area contributed by atoms with E-state index in [0.717, 1.165) is 32.2 Å². The van der Waals surface area contributed by atoms with E-state index in [0.29, 0.717) is 5.25 Å². The monoisotopic (exact) mass is 311 g/mol. The summed E-state index contributed by atoms with van der Waals surface area (Å²) in [5, 5.41) is 3.45. The maximum Gasteiger partial charge on any atom is 0.252 e. The molecule has 1 saturated carbocycles. The van der Waals surface area contributed by atoms with Crippen LogP contribution >= 0.6 is 11.9 Å². The van der Waals surface area contributed by atoms with Crippen molar-refractivity contribution in [1.29, 1.82) is 0 Å². The zero-order chi connectivity index (χ0) is 15.4. The molecule has 2 amide bonds. The van der Waals surface area contributed by atoms with E-state index >= 15 is 0 Å². The van der Waals surface area contributed by atoms with Gasteiger partial charge in [0.25, 0.3) is 5.91 Å². The number of rotatable bonds is 7. The van der Waals surface area contributed by atoms with E-state index in [1.807, 2.05) is 18.9 Å². The summed E-state index contributed by atoms with van der Waals surface area (Å²) in [6.07, 6.45) is 5.92. The van der Waals surface area contributed by atoms with Crippen molar-refractivity contribution < 1.29 is 9.59 Å². The van der Waals surface area contributed by atoms with Gasteiger partial charge in [0.15, 0.2) is 0 Å². The largest absolute Gasteiger partial charge is 0.342 e. The Labute approximate surface area is 131 Å². The highest BCUT2D eigenvalue weighted by atomic mass is 32.2. The predicted octanol–water partition coefficient (Wildman–Crippen LogP) is 1.31. The zero-order valence-corrected chi connectivity index (χ0v) is 13.6. The molecule has 3 atom stereocenters. The molecule has 118 valence electrons. The highest BCUT2D eigenvalue weighted by Crippen LogP contribution is 2.31. The summed E-state index contributed by atoms with van der Waals surface area (Å²) < 4.78 is 2.87. The van der Waals surface area contributed by atoms with E-state index < -0.39 is 6.04 Å². The van der Waals surface area contributed by atoms with Crippen LogP contribution in [0.1, 0.15) is 32.6 Å². The minimum absolute atomic E-state index is 0.0553. The highest BCUT2D eigenvalue weighted by molar-refractivity contribution is 7.98. The average Bonchev–Trinajstić information content (AvgIpc) is 3.21. The van der Waals surface area contributed by atoms with Crippen LogP contribution in [-0.4, -0.2) is 47.6 Å². The van der Waals surface area contributed by atoms with Gasteiger partial charge in [-0.25, -0.2) is 0 Å². The lowest BCUT2D eigenvalue weighted by atomic mass is 10.0. The molecule has 0 radical (unpaired) electrons. The molecule has 1 heterocycles. The number of amides is 2. The summed E-state index contributed by atoms with van der Waals surface area (Å²) in [5.74, 6) is -0.283. The predicted molar refractivity (Wildman–Crippen MR) is 85.7 cm³/mol. The van der Waals surface area contributed by atoms with E-state index in [1.54, 1.807) is 6.08 Å². The summed E-state index contributed by atoms with van der Waals surface area (Å²) in [4.78, 5) is 26.7. The molecule has 21 heavy (non-hydrogen) atoms. The molecule has 2 rings (SSSR count). The molecule has 5 nitrogen and oxygen atoms in total. The van der Waals surface area contributed by atoms with Crippen LogP contribution in [0.15, 0.2) is 12.7 Å². The lowest BCUT2D eigenvalue weighted by Gasteiger charge is -2.25. The second kappa shape index (κ2) is 7.31. The topological polar surface area (TPSA) is 61.4 Å². The summed E-state index contributed by atoms with van der Waals surface area (Å²) in [5.41, 5.74) is 0. The van der Waals surface area contributed by atoms with Gasteiger partial charge < -0.3 is 5.32 Å². The van der Waals surface area contributed by atoms with Crippen molar-refractivity contribution in [3.05, 3.63) is 12.7 Å². The Morgan fingerprint density at radius 2 is 2.10 bits per heavy atom. The maximum atomic E-state index is 12.4. The van der Waals surface area contributed by atoms with Gasteiger partial charge in [0.05, 0.1) is 6.04 Å². The van der Waals surface area contributed by atoms with Crippen molar-refractivity contribution in [3.8, 4) is 0 Å². The first-order valence-electron chi connectivity index (χ1n) is 7.61. The first-order chi connectivity index (χ1) is 10.0. The van der Waals surface area contributed by atoms with Crippen molar-refractivity contribution in [2.75, 3.05) is 13.6 Å². The molecule has 0 aromatic carbocycles. The van der Waals surface area contributed by atoms with Crippen LogP contribution in [0, 0.1) is 5.92 Å². The average molecular weight is 311 g/mol. The molecule has 0 aromatic heterocycles. The summed E-state index contributed by atoms with van der Waals surface area (Å²) in [7, 11) is 1.95. The van der Waals surface area contributed by atoms with Crippen molar-refractivity contribution in [2.45, 2.75) is 49.9 Å². The molecule has 2 N–H and O–H groups in total. The van der Waals surface area contributed by atoms with Crippen LogP contribution < -0.4 is 10.0 Å². The Bertz CT molecular complexity index is 412. The van der Waals surface area contributed by atoms with Gasteiger partial charge in [0.2, 0.25) is 5.91 Å². The lowest BCUT2D eigenvalue weighted by molar-refractivity contribution is -0.131. The molecule has 1 aliphatic heterocycles. The Morgan fingerprint density at radius 3 is 2.62 bits per heavy atom. The summed E-state index contributed by atoms with van der Waals surface area (Å²) in [6.45, 7) is 6.58. The Morgan fingerprint density at radius 1 is 1.38 bits per heavy atom. The third kappa shape index (κ3) is 4.48. The van der Waals surface area contributed by atoms with Crippen molar-refractivity contribution in [1.82, 2.24) is 14.9 Å². The maximum absolute atomic E-state index is 12.4. The fourth-order valence-electron chi connectivity index (χ4n) is 2.45. The third-order valence-corrected chi connectivity index (χ3v) is 5.28. The number of nitrogens with zero attached hydrogens (tertiary/aromatic N) is 1. The van der Waals surface area contributed by atoms with Gasteiger partial charge in [0, 0.05) is 11.2 Å². The lowest BCUT2D eigenvalue weighted by Crippen LogP contribution is -2.53. The number of likely N-dealkylation sites (N-methyl/N-ethyl adjacent to an activating group) is 1. The first-order valence-corrected chi connectivity index (χ1v) is 8.49. The van der Waals surface area contributed by atoms with E-state index in [-0.39, 0.29) is 23.8 Å². The van der Waals surface area contributed by atoms with Gasteiger partial charge in [0.1, 0.15) is 6.04 Å². The van der Waals surface area contributed by atoms with Gasteiger partial charge in [-0.2, -0.15) is 0 Å². The minimum Gasteiger partial charge on any atom is -0.342 e. The second-order valence-corrected chi connectivity index (χ2v) is 7.11. The summed E-state index contributed by atoms with van der Waals surface area (Å²) in [6, 6.07) is -0.663. The molecule has 0 spiro atoms. The van der Waals surface area contributed by atoms with Crippen LogP contribution in [0.4, 0.5) is 0 Å². The standard InChI is InChI=1S/C15H25N3O2S/c1-4-10(2)13(15(20)17-21-11-7-8-11)16-14(19)12-6-5-9-18(12)3/h4,10-13H,1,5-9H2,2-3H3,(H,16,19)(H,17,20)/t10-,12?,13?/m0/s1. The molecule has 2 unspecified atom stereocenters. The van der Waals surface area contributed by atoms with Gasteiger partial charge in [-0.1, -0.05) is 13.0 Å². The van der Waals surface area contributed by atoms with E-state index in [9.17, 15) is 9.59 Å². The molecule has 1 saturated heterocycles. The fourth-order valence-corrected chi connectivity index (χ4v) is 3.24. The molecule has 0 aromatic rings. The van der Waals surface area contributed by atoms with Crippen molar-refractivity contribution >= 4 is 23.8 Å². The van der Waals surface area contributed by atoms with Crippen LogP contribution in [0.5, 0.6) is 0 Å². The number of carbonyl (C=O) groups is 2. The highest BCUT2D eigenvalue weighted by Gasteiger charge is 2.33. The smallest absolute Gasteiger partial charge is 0.252 e. The minimum atomic E-state index is -0.546. The first kappa shape index (κ1) is 16.4. The second-order valence-electron chi connectivity index (χ2n) is 6.00. The van der Waals surface area contributed by atoms with Gasteiger partial charge >= 0.3 is 0 Å². The number of hydrogen-bond acceptors (Lipinski definition) is 4. The normalized spacial score (nSPS) is 25.1. The van der Waals surface area contributed by atoms with E-state index in [4.69, 9.17) is 0 Å². The molecular formula is C15H25N3O2S. The Kier molecular flexibility index (Phi) is 5.70. The fraction of sp³-hybridized carbons (Fsp3) is 0.733. The van der Waals surface area contributed by atoms with E-state index in [2.05, 4.69) is 16.6 Å². The molecule has 1 aliphatic carbocycles. The quantitative estimate of drug-likeness (QED) is 0.550. The Hall–Kier alpha value is -1.01. The van der Waals surface area contributed by atoms with Gasteiger partial charge in [-0.15, -0.1) is 6.58 Å². The molecule has 0 bridgehead atoms. The van der Waals surface area contributed by atoms with Crippen LogP contribution in [0.2, 0.25) is 0 Å². The molecule has 6 heteroatoms. The van der Waals surface area contributed by atoms with Crippen molar-refractivity contribution in [3.63, 3.8) is 0 Å². The molecule has 2 aliphatic rings. The number of nitrogens with one attached hydrogen (secondary N) is 2. The SMILES string of the molecule is C=C[C@H](C)C(NC(=O)C1CCCN1C)C(=O)NSC1CC1. The number of carbonyl (C=O) groups excluding carboxylic acids is 2. The third-order valence-electron chi connectivity index (χ3n) is 4.15. The van der Waals surface area contributed by atoms with Gasteiger partial charge in [-0.3, -0.25) is 19.2 Å². The van der Waals surface area contributed by atoms with E-state index in [1.165, 1.54) is 11.9 Å². The number of likely N-dealkylation sites (tertiary alicyclic amines) is 1. The van der Waals surface area contributed by atoms with Crippen LogP contribution in [0.25, 0.3) is 0 Å². The van der Waals surface area contributed by atoms with Gasteiger partial charge in [-0.05, 0) is 51.2 Å². The molecular weight excluding hydrogens is 286 g/mol. The molecule has 2 fully saturated rings. The van der Waals surface area contributed by atoms with Crippen molar-refractivity contribution in [2.24, 2.45) is 5.92 Å². The van der Waals surface area contributed by atoms with Crippen LogP contribution in [-0.2, 0) is 9.59 Å². The summed E-state index contributed by atoms with van der Waals surface area (Å²) >= 11 is 1.47. The Balaban J connectivity index is 1.92. The number of hydrogen-bond donors (Lipinski definition) is 2. The zero-order valence-electron chi connectivity index (χ0n) is 12.8.